The van der Waals surface area contributed by atoms with Crippen molar-refractivity contribution >= 4 is 0 Å². The van der Waals surface area contributed by atoms with Crippen molar-refractivity contribution in [1.29, 1.82) is 0 Å². The molecule has 0 N–H and O–H groups in total. The van der Waals surface area contributed by atoms with Gasteiger partial charge in [0.25, 0.3) is 0 Å². The topological polar surface area (TPSA) is 51.1 Å². The maximum Gasteiger partial charge on any atom is 0.160 e. The van der Waals surface area contributed by atoms with E-state index in [2.05, 4.69) is 42.8 Å². The minimum Gasteiger partial charge on any atom is -0.497 e. The van der Waals surface area contributed by atoms with E-state index in [9.17, 15) is 0 Å². The summed E-state index contributed by atoms with van der Waals surface area (Å²) in [5.41, 5.74) is 4.61. The van der Waals surface area contributed by atoms with E-state index in [0.717, 1.165) is 66.4 Å². The van der Waals surface area contributed by atoms with Gasteiger partial charge in [0.2, 0.25) is 0 Å². The van der Waals surface area contributed by atoms with Crippen LogP contribution >= 0.6 is 0 Å². The van der Waals surface area contributed by atoms with Gasteiger partial charge in [0.1, 0.15) is 5.75 Å². The number of piperidine rings is 1. The number of benzene rings is 1. The van der Waals surface area contributed by atoms with Crippen molar-refractivity contribution in [2.45, 2.75) is 39.5 Å². The van der Waals surface area contributed by atoms with Gasteiger partial charge in [0, 0.05) is 42.2 Å². The lowest BCUT2D eigenvalue weighted by Crippen LogP contribution is -2.38. The number of nitrogens with zero attached hydrogens (tertiary/aromatic N) is 4. The summed E-state index contributed by atoms with van der Waals surface area (Å²) in [7, 11) is 1.70. The first kappa shape index (κ1) is 21.4. The maximum absolute atomic E-state index is 5.46. The molecule has 0 bridgehead atoms. The van der Waals surface area contributed by atoms with E-state index in [1.165, 1.54) is 0 Å². The van der Waals surface area contributed by atoms with Gasteiger partial charge in [-0.3, -0.25) is 4.98 Å². The van der Waals surface area contributed by atoms with Gasteiger partial charge in [-0.25, -0.2) is 9.97 Å². The van der Waals surface area contributed by atoms with Gasteiger partial charge >= 0.3 is 0 Å². The van der Waals surface area contributed by atoms with Crippen molar-refractivity contribution in [1.82, 2.24) is 19.9 Å². The van der Waals surface area contributed by atoms with Crippen LogP contribution in [0.4, 0.5) is 0 Å². The Morgan fingerprint density at radius 2 is 1.81 bits per heavy atom. The van der Waals surface area contributed by atoms with Gasteiger partial charge in [-0.2, -0.15) is 0 Å². The summed E-state index contributed by atoms with van der Waals surface area (Å²) in [5.74, 6) is 2.00. The Morgan fingerprint density at radius 1 is 1.03 bits per heavy atom. The normalized spacial score (nSPS) is 15.7. The highest BCUT2D eigenvalue weighted by atomic mass is 16.5. The second kappa shape index (κ2) is 9.15. The maximum atomic E-state index is 5.46. The van der Waals surface area contributed by atoms with Gasteiger partial charge in [0.15, 0.2) is 5.82 Å². The van der Waals surface area contributed by atoms with Crippen molar-refractivity contribution in [2.75, 3.05) is 26.7 Å². The molecule has 0 aliphatic carbocycles. The van der Waals surface area contributed by atoms with Gasteiger partial charge in [-0.05, 0) is 61.2 Å². The number of pyridine rings is 1. The lowest BCUT2D eigenvalue weighted by molar-refractivity contribution is 0.153. The lowest BCUT2D eigenvalue weighted by atomic mass is 9.87. The third-order valence-corrected chi connectivity index (χ3v) is 5.79. The van der Waals surface area contributed by atoms with Crippen molar-refractivity contribution in [2.24, 2.45) is 5.41 Å². The molecule has 5 heteroatoms. The van der Waals surface area contributed by atoms with Crippen LogP contribution < -0.4 is 4.74 Å². The highest BCUT2D eigenvalue weighted by Crippen LogP contribution is 2.36. The lowest BCUT2D eigenvalue weighted by Gasteiger charge is -2.36. The monoisotopic (exact) mass is 416 g/mol. The predicted molar refractivity (Wildman–Crippen MR) is 125 cm³/mol. The summed E-state index contributed by atoms with van der Waals surface area (Å²) >= 11 is 0. The van der Waals surface area contributed by atoms with E-state index < -0.39 is 0 Å². The van der Waals surface area contributed by atoms with Crippen LogP contribution in [0.5, 0.6) is 5.75 Å². The Labute approximate surface area is 185 Å². The summed E-state index contributed by atoms with van der Waals surface area (Å²) in [6, 6.07) is 12.1. The Kier molecular flexibility index (Phi) is 6.33. The Bertz CT molecular complexity index is 1010. The largest absolute Gasteiger partial charge is 0.497 e. The van der Waals surface area contributed by atoms with Gasteiger partial charge in [-0.15, -0.1) is 0 Å². The zero-order valence-corrected chi connectivity index (χ0v) is 19.0. The highest BCUT2D eigenvalue weighted by molar-refractivity contribution is 5.69. The molecule has 3 heterocycles. The standard InChI is InChI=1S/C26H32N4O/c1-26(2,3)18-30-13-10-19(11-14-30)24-23(20-7-5-9-22(15-20)31-4)17-28-25(29-24)21-8-6-12-27-16-21/h5-9,12,15-17,19H,10-11,13-14,18H2,1-4H3. The van der Waals surface area contributed by atoms with E-state index in [1.54, 1.807) is 13.3 Å². The Balaban J connectivity index is 1.68. The highest BCUT2D eigenvalue weighted by Gasteiger charge is 2.27. The SMILES string of the molecule is COc1cccc(-c2cnc(-c3cccnc3)nc2C2CCN(CC(C)(C)C)CC2)c1. The average molecular weight is 417 g/mol. The first-order chi connectivity index (χ1) is 14.9. The van der Waals surface area contributed by atoms with Crippen molar-refractivity contribution in [3.05, 3.63) is 60.7 Å². The molecule has 1 fully saturated rings. The van der Waals surface area contributed by atoms with Gasteiger partial charge in [0.05, 0.1) is 12.8 Å². The fraction of sp³-hybridized carbons (Fsp3) is 0.423. The second-order valence-electron chi connectivity index (χ2n) is 9.58. The molecule has 0 radical (unpaired) electrons. The van der Waals surface area contributed by atoms with Crippen LogP contribution in [-0.2, 0) is 0 Å². The molecule has 1 aliphatic rings. The molecule has 3 aromatic rings. The molecule has 1 aromatic carbocycles. The van der Waals surface area contributed by atoms with E-state index >= 15 is 0 Å². The smallest absolute Gasteiger partial charge is 0.160 e. The average Bonchev–Trinajstić information content (AvgIpc) is 2.79. The molecule has 0 spiro atoms. The minimum absolute atomic E-state index is 0.320. The molecule has 2 aromatic heterocycles. The molecule has 0 unspecified atom stereocenters. The Hall–Kier alpha value is -2.79. The number of ether oxygens (including phenoxy) is 1. The number of likely N-dealkylation sites (tertiary alicyclic amines) is 1. The van der Waals surface area contributed by atoms with Crippen molar-refractivity contribution in [3.8, 4) is 28.3 Å². The molecule has 5 nitrogen and oxygen atoms in total. The molecule has 0 saturated carbocycles. The zero-order valence-electron chi connectivity index (χ0n) is 19.0. The molecular formula is C26H32N4O. The molecule has 31 heavy (non-hydrogen) atoms. The molecular weight excluding hydrogens is 384 g/mol. The predicted octanol–water partition coefficient (Wildman–Crippen LogP) is 5.44. The molecule has 0 atom stereocenters. The van der Waals surface area contributed by atoms with E-state index in [4.69, 9.17) is 14.7 Å². The third-order valence-electron chi connectivity index (χ3n) is 5.79. The summed E-state index contributed by atoms with van der Waals surface area (Å²) in [4.78, 5) is 16.6. The molecule has 162 valence electrons. The summed E-state index contributed by atoms with van der Waals surface area (Å²) in [5, 5.41) is 0. The third kappa shape index (κ3) is 5.28. The summed E-state index contributed by atoms with van der Waals surface area (Å²) in [6.07, 6.45) is 7.80. The molecule has 1 saturated heterocycles. The molecule has 1 aliphatic heterocycles. The van der Waals surface area contributed by atoms with Crippen LogP contribution in [0.1, 0.15) is 45.2 Å². The van der Waals surface area contributed by atoms with E-state index in [1.807, 2.05) is 36.7 Å². The fourth-order valence-corrected chi connectivity index (χ4v) is 4.39. The fourth-order valence-electron chi connectivity index (χ4n) is 4.39. The van der Waals surface area contributed by atoms with Crippen LogP contribution in [0.2, 0.25) is 0 Å². The van der Waals surface area contributed by atoms with Crippen LogP contribution in [0.3, 0.4) is 0 Å². The van der Waals surface area contributed by atoms with Crippen LogP contribution in [-0.4, -0.2) is 46.6 Å². The number of hydrogen-bond acceptors (Lipinski definition) is 5. The Morgan fingerprint density at radius 3 is 2.48 bits per heavy atom. The zero-order chi connectivity index (χ0) is 21.8. The number of hydrogen-bond donors (Lipinski definition) is 0. The quantitative estimate of drug-likeness (QED) is 0.554. The number of methoxy groups -OCH3 is 1. The number of rotatable bonds is 5. The van der Waals surface area contributed by atoms with Gasteiger partial charge < -0.3 is 9.64 Å². The van der Waals surface area contributed by atoms with Crippen LogP contribution in [0.25, 0.3) is 22.5 Å². The number of aromatic nitrogens is 3. The second-order valence-corrected chi connectivity index (χ2v) is 9.58. The van der Waals surface area contributed by atoms with Crippen LogP contribution in [0.15, 0.2) is 55.0 Å². The van der Waals surface area contributed by atoms with E-state index in [-0.39, 0.29) is 0 Å². The van der Waals surface area contributed by atoms with Crippen molar-refractivity contribution < 1.29 is 4.74 Å². The van der Waals surface area contributed by atoms with E-state index in [0.29, 0.717) is 11.3 Å². The van der Waals surface area contributed by atoms with Crippen molar-refractivity contribution in [3.63, 3.8) is 0 Å². The first-order valence-electron chi connectivity index (χ1n) is 11.1. The minimum atomic E-state index is 0.320. The first-order valence-corrected chi connectivity index (χ1v) is 11.1. The van der Waals surface area contributed by atoms with Crippen LogP contribution in [0, 0.1) is 5.41 Å². The molecule has 0 amide bonds. The summed E-state index contributed by atoms with van der Waals surface area (Å²) in [6.45, 7) is 10.3. The summed E-state index contributed by atoms with van der Waals surface area (Å²) < 4.78 is 5.46. The van der Waals surface area contributed by atoms with Gasteiger partial charge in [-0.1, -0.05) is 32.9 Å². The molecule has 4 rings (SSSR count).